The molecule has 0 aliphatic heterocycles. The number of thiophene rings is 1. The van der Waals surface area contributed by atoms with Crippen LogP contribution in [0.5, 0.6) is 0 Å². The van der Waals surface area contributed by atoms with E-state index in [1.807, 2.05) is 6.07 Å². The first-order chi connectivity index (χ1) is 9.67. The summed E-state index contributed by atoms with van der Waals surface area (Å²) in [5.74, 6) is -0.451. The summed E-state index contributed by atoms with van der Waals surface area (Å²) < 4.78 is 36.1. The summed E-state index contributed by atoms with van der Waals surface area (Å²) in [5, 5.41) is 12.2. The number of hydrogen-bond acceptors (Lipinski definition) is 5. The first kappa shape index (κ1) is 17.3. The molecule has 1 rings (SSSR count). The number of nitrogens with zero attached hydrogens (tertiary/aromatic N) is 1. The maximum absolute atomic E-state index is 12.0. The number of nitrogens with two attached hydrogens (primary N) is 1. The number of halogens is 3. The lowest BCUT2D eigenvalue weighted by atomic mass is 10.1. The summed E-state index contributed by atoms with van der Waals surface area (Å²) >= 11 is 1.02. The van der Waals surface area contributed by atoms with Crippen LogP contribution in [-0.2, 0) is 0 Å². The Morgan fingerprint density at radius 1 is 1.48 bits per heavy atom. The van der Waals surface area contributed by atoms with Gasteiger partial charge in [0.1, 0.15) is 16.6 Å². The van der Waals surface area contributed by atoms with E-state index in [1.165, 1.54) is 0 Å². The van der Waals surface area contributed by atoms with Gasteiger partial charge in [0.15, 0.2) is 5.78 Å². The average molecular weight is 319 g/mol. The van der Waals surface area contributed by atoms with Gasteiger partial charge in [0.2, 0.25) is 0 Å². The predicted molar refractivity (Wildman–Crippen MR) is 76.4 cm³/mol. The lowest BCUT2D eigenvalue weighted by molar-refractivity contribution is -0.134. The van der Waals surface area contributed by atoms with Gasteiger partial charge in [-0.05, 0) is 6.42 Å². The average Bonchev–Trinajstić information content (AvgIpc) is 2.68. The highest BCUT2D eigenvalue weighted by Gasteiger charge is 2.26. The molecular formula is C13H16F3N3OS. The molecule has 3 N–H and O–H groups in total. The van der Waals surface area contributed by atoms with Gasteiger partial charge in [0.05, 0.1) is 10.6 Å². The minimum atomic E-state index is -4.20. The lowest BCUT2D eigenvalue weighted by Crippen LogP contribution is -2.10. The van der Waals surface area contributed by atoms with Crippen molar-refractivity contribution in [3.05, 3.63) is 10.4 Å². The molecule has 0 saturated carbocycles. The first-order valence-corrected chi connectivity index (χ1v) is 7.16. The number of hydrogen-bond donors (Lipinski definition) is 2. The zero-order valence-corrected chi connectivity index (χ0v) is 12.5. The molecule has 1 aromatic heterocycles. The van der Waals surface area contributed by atoms with E-state index in [9.17, 15) is 18.0 Å². The molecule has 1 aromatic rings. The number of alkyl halides is 3. The molecule has 0 aliphatic rings. The number of anilines is 2. The summed E-state index contributed by atoms with van der Waals surface area (Å²) in [5.41, 5.74) is 5.99. The molecule has 21 heavy (non-hydrogen) atoms. The topological polar surface area (TPSA) is 78.9 Å². The minimum absolute atomic E-state index is 0.0590. The summed E-state index contributed by atoms with van der Waals surface area (Å²) in [4.78, 5) is 12.2. The smallest absolute Gasteiger partial charge is 0.389 e. The van der Waals surface area contributed by atoms with Crippen molar-refractivity contribution >= 4 is 27.8 Å². The van der Waals surface area contributed by atoms with Crippen LogP contribution >= 0.6 is 11.3 Å². The number of carbonyl (C=O) groups is 1. The SMILES string of the molecule is CC(C)C(=O)c1sc(NCCCC(F)(F)F)c(C#N)c1N. The second kappa shape index (κ2) is 6.80. The summed E-state index contributed by atoms with van der Waals surface area (Å²) in [6.07, 6.45) is -5.22. The number of carbonyl (C=O) groups excluding carboxylic acids is 1. The van der Waals surface area contributed by atoms with Gasteiger partial charge >= 0.3 is 6.18 Å². The Kier molecular flexibility index (Phi) is 5.61. The molecule has 0 aromatic carbocycles. The van der Waals surface area contributed by atoms with E-state index < -0.39 is 12.6 Å². The van der Waals surface area contributed by atoms with Crippen LogP contribution in [0.2, 0.25) is 0 Å². The van der Waals surface area contributed by atoms with Gasteiger partial charge < -0.3 is 11.1 Å². The third-order valence-electron chi connectivity index (χ3n) is 2.73. The standard InChI is InChI=1S/C13H16F3N3OS/c1-7(2)10(20)11-9(18)8(6-17)12(21-11)19-5-3-4-13(14,15)16/h7,19H,3-5,18H2,1-2H3. The third kappa shape index (κ3) is 4.63. The number of ketones is 1. The zero-order chi connectivity index (χ0) is 16.2. The Hall–Kier alpha value is -1.75. The van der Waals surface area contributed by atoms with E-state index in [-0.39, 0.29) is 40.8 Å². The molecule has 0 atom stereocenters. The van der Waals surface area contributed by atoms with E-state index in [0.717, 1.165) is 11.3 Å². The third-order valence-corrected chi connectivity index (χ3v) is 3.91. The molecule has 0 unspecified atom stereocenters. The maximum atomic E-state index is 12.0. The van der Waals surface area contributed by atoms with Crippen molar-refractivity contribution in [2.24, 2.45) is 5.92 Å². The van der Waals surface area contributed by atoms with Gasteiger partial charge in [-0.15, -0.1) is 11.3 Å². The number of nitrogens with one attached hydrogen (secondary N) is 1. The van der Waals surface area contributed by atoms with Crippen molar-refractivity contribution in [2.75, 3.05) is 17.6 Å². The number of nitriles is 1. The number of rotatable bonds is 6. The maximum Gasteiger partial charge on any atom is 0.389 e. The molecule has 8 heteroatoms. The fourth-order valence-electron chi connectivity index (χ4n) is 1.62. The molecule has 116 valence electrons. The molecule has 0 bridgehead atoms. The lowest BCUT2D eigenvalue weighted by Gasteiger charge is -2.07. The van der Waals surface area contributed by atoms with Crippen LogP contribution < -0.4 is 11.1 Å². The van der Waals surface area contributed by atoms with E-state index in [0.29, 0.717) is 5.00 Å². The van der Waals surface area contributed by atoms with Crippen LogP contribution in [0.1, 0.15) is 41.9 Å². The highest BCUT2D eigenvalue weighted by molar-refractivity contribution is 7.19. The molecule has 4 nitrogen and oxygen atoms in total. The van der Waals surface area contributed by atoms with Gasteiger partial charge in [0.25, 0.3) is 0 Å². The van der Waals surface area contributed by atoms with Gasteiger partial charge in [-0.3, -0.25) is 4.79 Å². The highest BCUT2D eigenvalue weighted by atomic mass is 32.1. The molecule has 0 fully saturated rings. The quantitative estimate of drug-likeness (QED) is 0.617. The second-order valence-electron chi connectivity index (χ2n) is 4.83. The van der Waals surface area contributed by atoms with E-state index >= 15 is 0 Å². The zero-order valence-electron chi connectivity index (χ0n) is 11.7. The fourth-order valence-corrected chi connectivity index (χ4v) is 2.80. The van der Waals surface area contributed by atoms with Gasteiger partial charge in [-0.2, -0.15) is 18.4 Å². The summed E-state index contributed by atoms with van der Waals surface area (Å²) in [7, 11) is 0. The van der Waals surface area contributed by atoms with Crippen molar-refractivity contribution in [2.45, 2.75) is 32.9 Å². The van der Waals surface area contributed by atoms with Crippen LogP contribution in [-0.4, -0.2) is 18.5 Å². The van der Waals surface area contributed by atoms with Crippen molar-refractivity contribution in [1.29, 1.82) is 5.26 Å². The van der Waals surface area contributed by atoms with E-state index in [2.05, 4.69) is 5.32 Å². The van der Waals surface area contributed by atoms with Gasteiger partial charge in [0, 0.05) is 18.9 Å². The van der Waals surface area contributed by atoms with Crippen LogP contribution in [0.4, 0.5) is 23.9 Å². The van der Waals surface area contributed by atoms with Crippen LogP contribution in [0.3, 0.4) is 0 Å². The largest absolute Gasteiger partial charge is 0.396 e. The Morgan fingerprint density at radius 3 is 2.57 bits per heavy atom. The van der Waals surface area contributed by atoms with Gasteiger partial charge in [-0.25, -0.2) is 0 Å². The molecule has 0 amide bonds. The molecular weight excluding hydrogens is 303 g/mol. The van der Waals surface area contributed by atoms with Gasteiger partial charge in [-0.1, -0.05) is 13.8 Å². The van der Waals surface area contributed by atoms with Crippen LogP contribution in [0, 0.1) is 17.2 Å². The predicted octanol–water partition coefficient (Wildman–Crippen LogP) is 3.80. The molecule has 0 aliphatic carbocycles. The Bertz CT molecular complexity index is 558. The monoisotopic (exact) mass is 319 g/mol. The molecule has 1 heterocycles. The minimum Gasteiger partial charge on any atom is -0.396 e. The molecule has 0 saturated heterocycles. The highest BCUT2D eigenvalue weighted by Crippen LogP contribution is 2.36. The van der Waals surface area contributed by atoms with Crippen LogP contribution in [0.15, 0.2) is 0 Å². The number of Topliss-reactive ketones (excluding diaryl/α,β-unsaturated/α-hetero) is 1. The fraction of sp³-hybridized carbons (Fsp3) is 0.538. The van der Waals surface area contributed by atoms with Crippen molar-refractivity contribution in [3.8, 4) is 6.07 Å². The van der Waals surface area contributed by atoms with Crippen LogP contribution in [0.25, 0.3) is 0 Å². The second-order valence-corrected chi connectivity index (χ2v) is 5.85. The van der Waals surface area contributed by atoms with Crippen molar-refractivity contribution < 1.29 is 18.0 Å². The normalized spacial score (nSPS) is 11.5. The van der Waals surface area contributed by atoms with Crippen molar-refractivity contribution in [3.63, 3.8) is 0 Å². The number of nitrogen functional groups attached to an aromatic ring is 1. The first-order valence-electron chi connectivity index (χ1n) is 6.34. The Labute approximate surface area is 124 Å². The Balaban J connectivity index is 2.82. The summed E-state index contributed by atoms with van der Waals surface area (Å²) in [6.45, 7) is 3.48. The van der Waals surface area contributed by atoms with E-state index in [1.54, 1.807) is 13.8 Å². The van der Waals surface area contributed by atoms with Crippen molar-refractivity contribution in [1.82, 2.24) is 0 Å². The molecule has 0 spiro atoms. The van der Waals surface area contributed by atoms with E-state index in [4.69, 9.17) is 11.0 Å². The molecule has 0 radical (unpaired) electrons. The summed E-state index contributed by atoms with van der Waals surface area (Å²) in [6, 6.07) is 1.88. The Morgan fingerprint density at radius 2 is 2.10 bits per heavy atom.